The lowest BCUT2D eigenvalue weighted by atomic mass is 9.94. The molecule has 1 aliphatic rings. The molecule has 1 aromatic rings. The number of hydrogen-bond acceptors (Lipinski definition) is 2. The second-order valence-corrected chi connectivity index (χ2v) is 5.99. The van der Waals surface area contributed by atoms with Crippen molar-refractivity contribution in [1.82, 2.24) is 5.32 Å². The van der Waals surface area contributed by atoms with Crippen molar-refractivity contribution in [2.75, 3.05) is 19.8 Å². The highest BCUT2D eigenvalue weighted by Gasteiger charge is 2.20. The topological polar surface area (TPSA) is 21.3 Å². The first-order chi connectivity index (χ1) is 9.88. The normalized spacial score (nSPS) is 20.1. The van der Waals surface area contributed by atoms with E-state index in [0.717, 1.165) is 25.7 Å². The van der Waals surface area contributed by atoms with E-state index in [1.165, 1.54) is 44.1 Å². The first-order valence-electron chi connectivity index (χ1n) is 8.23. The Morgan fingerprint density at radius 3 is 2.85 bits per heavy atom. The molecule has 0 radical (unpaired) electrons. The van der Waals surface area contributed by atoms with E-state index in [1.54, 1.807) is 0 Å². The molecule has 2 nitrogen and oxygen atoms in total. The van der Waals surface area contributed by atoms with Gasteiger partial charge in [0.1, 0.15) is 0 Å². The van der Waals surface area contributed by atoms with Crippen molar-refractivity contribution in [1.29, 1.82) is 0 Å². The summed E-state index contributed by atoms with van der Waals surface area (Å²) in [4.78, 5) is 0. The fraction of sp³-hybridized carbons (Fsp3) is 0.667. The molecule has 112 valence electrons. The van der Waals surface area contributed by atoms with E-state index in [1.807, 2.05) is 0 Å². The monoisotopic (exact) mass is 275 g/mol. The number of ether oxygens (including phenoxy) is 1. The fourth-order valence-electron chi connectivity index (χ4n) is 3.02. The summed E-state index contributed by atoms with van der Waals surface area (Å²) < 4.78 is 5.51. The van der Waals surface area contributed by atoms with Crippen molar-refractivity contribution in [2.24, 2.45) is 5.92 Å². The average molecular weight is 275 g/mol. The van der Waals surface area contributed by atoms with E-state index in [0.29, 0.717) is 6.04 Å². The molecule has 2 unspecified atom stereocenters. The number of rotatable bonds is 9. The van der Waals surface area contributed by atoms with Gasteiger partial charge in [-0.3, -0.25) is 0 Å². The average Bonchev–Trinajstić information content (AvgIpc) is 2.98. The van der Waals surface area contributed by atoms with Gasteiger partial charge in [0.2, 0.25) is 0 Å². The van der Waals surface area contributed by atoms with Crippen LogP contribution in [-0.4, -0.2) is 25.8 Å². The van der Waals surface area contributed by atoms with E-state index in [-0.39, 0.29) is 0 Å². The van der Waals surface area contributed by atoms with Crippen LogP contribution < -0.4 is 5.32 Å². The third-order valence-electron chi connectivity index (χ3n) is 4.19. The van der Waals surface area contributed by atoms with Crippen LogP contribution in [0.5, 0.6) is 0 Å². The molecule has 1 aromatic carbocycles. The summed E-state index contributed by atoms with van der Waals surface area (Å²) in [6, 6.07) is 11.5. The Balaban J connectivity index is 1.71. The zero-order valence-corrected chi connectivity index (χ0v) is 12.8. The van der Waals surface area contributed by atoms with E-state index < -0.39 is 0 Å². The highest BCUT2D eigenvalue weighted by molar-refractivity contribution is 5.14. The van der Waals surface area contributed by atoms with Crippen molar-refractivity contribution >= 4 is 0 Å². The lowest BCUT2D eigenvalue weighted by molar-refractivity contribution is 0.180. The van der Waals surface area contributed by atoms with Gasteiger partial charge in [-0.15, -0.1) is 0 Å². The van der Waals surface area contributed by atoms with E-state index >= 15 is 0 Å². The molecule has 0 saturated carbocycles. The molecule has 1 saturated heterocycles. The summed E-state index contributed by atoms with van der Waals surface area (Å²) in [5, 5.41) is 3.73. The molecule has 0 aromatic heterocycles. The Morgan fingerprint density at radius 2 is 2.15 bits per heavy atom. The minimum atomic E-state index is 0.672. The zero-order valence-electron chi connectivity index (χ0n) is 12.8. The van der Waals surface area contributed by atoms with Crippen LogP contribution >= 0.6 is 0 Å². The van der Waals surface area contributed by atoms with E-state index in [4.69, 9.17) is 4.74 Å². The predicted octanol–water partition coefficient (Wildman–Crippen LogP) is 3.80. The van der Waals surface area contributed by atoms with Crippen molar-refractivity contribution in [3.8, 4) is 0 Å². The summed E-state index contributed by atoms with van der Waals surface area (Å²) in [6.45, 7) is 5.33. The van der Waals surface area contributed by atoms with Crippen molar-refractivity contribution in [3.63, 3.8) is 0 Å². The van der Waals surface area contributed by atoms with Gasteiger partial charge in [-0.25, -0.2) is 0 Å². The maximum absolute atomic E-state index is 5.51. The molecule has 2 rings (SSSR count). The van der Waals surface area contributed by atoms with Gasteiger partial charge in [-0.05, 0) is 56.6 Å². The molecule has 2 atom stereocenters. The molecule has 0 bridgehead atoms. The number of hydrogen-bond donors (Lipinski definition) is 1. The molecular weight excluding hydrogens is 246 g/mol. The van der Waals surface area contributed by atoms with Crippen molar-refractivity contribution < 1.29 is 4.74 Å². The lowest BCUT2D eigenvalue weighted by Gasteiger charge is -2.21. The third-order valence-corrected chi connectivity index (χ3v) is 4.19. The molecule has 1 heterocycles. The summed E-state index contributed by atoms with van der Waals surface area (Å²) in [5.74, 6) is 0.779. The van der Waals surface area contributed by atoms with Gasteiger partial charge < -0.3 is 10.1 Å². The smallest absolute Gasteiger partial charge is 0.0495 e. The van der Waals surface area contributed by atoms with Crippen molar-refractivity contribution in [2.45, 2.75) is 51.5 Å². The molecule has 1 fully saturated rings. The number of nitrogens with one attached hydrogen (secondary N) is 1. The second kappa shape index (κ2) is 9.15. The van der Waals surface area contributed by atoms with Gasteiger partial charge in [-0.1, -0.05) is 37.3 Å². The molecule has 0 aliphatic carbocycles. The zero-order chi connectivity index (χ0) is 14.0. The minimum Gasteiger partial charge on any atom is -0.381 e. The predicted molar refractivity (Wildman–Crippen MR) is 85.0 cm³/mol. The summed E-state index contributed by atoms with van der Waals surface area (Å²) in [5.41, 5.74) is 1.46. The lowest BCUT2D eigenvalue weighted by Crippen LogP contribution is -2.32. The Kier molecular flexibility index (Phi) is 7.10. The number of aryl methyl sites for hydroxylation is 1. The molecule has 0 amide bonds. The molecule has 2 heteroatoms. The van der Waals surface area contributed by atoms with Crippen LogP contribution in [0.3, 0.4) is 0 Å². The van der Waals surface area contributed by atoms with Crippen molar-refractivity contribution in [3.05, 3.63) is 35.9 Å². The molecule has 1 N–H and O–H groups in total. The van der Waals surface area contributed by atoms with Crippen LogP contribution in [0.1, 0.15) is 44.6 Å². The van der Waals surface area contributed by atoms with Gasteiger partial charge in [0.05, 0.1) is 0 Å². The summed E-state index contributed by atoms with van der Waals surface area (Å²) in [7, 11) is 0. The van der Waals surface area contributed by atoms with Gasteiger partial charge in [0.25, 0.3) is 0 Å². The quantitative estimate of drug-likeness (QED) is 0.740. The van der Waals surface area contributed by atoms with Gasteiger partial charge in [-0.2, -0.15) is 0 Å². The molecule has 1 aliphatic heterocycles. The van der Waals surface area contributed by atoms with Crippen LogP contribution in [0.2, 0.25) is 0 Å². The maximum Gasteiger partial charge on any atom is 0.0495 e. The van der Waals surface area contributed by atoms with Crippen LogP contribution in [-0.2, 0) is 11.2 Å². The van der Waals surface area contributed by atoms with E-state index in [2.05, 4.69) is 42.6 Å². The Labute approximate surface area is 123 Å². The Bertz CT molecular complexity index is 346. The highest BCUT2D eigenvalue weighted by atomic mass is 16.5. The van der Waals surface area contributed by atoms with E-state index in [9.17, 15) is 0 Å². The minimum absolute atomic E-state index is 0.672. The maximum atomic E-state index is 5.51. The standard InChI is InChI=1S/C18H29NO/c1-2-12-19-18(14-17-11-13-20-15-17)10-6-9-16-7-4-3-5-8-16/h3-5,7-8,17-19H,2,6,9-15H2,1H3. The fourth-order valence-corrected chi connectivity index (χ4v) is 3.02. The molecular formula is C18H29NO. The summed E-state index contributed by atoms with van der Waals surface area (Å²) in [6.07, 6.45) is 7.52. The van der Waals surface area contributed by atoms with Gasteiger partial charge >= 0.3 is 0 Å². The van der Waals surface area contributed by atoms with Crippen LogP contribution in [0, 0.1) is 5.92 Å². The first-order valence-corrected chi connectivity index (χ1v) is 8.23. The van der Waals surface area contributed by atoms with Crippen LogP contribution in [0.15, 0.2) is 30.3 Å². The van der Waals surface area contributed by atoms with Crippen LogP contribution in [0.4, 0.5) is 0 Å². The largest absolute Gasteiger partial charge is 0.381 e. The van der Waals surface area contributed by atoms with Gasteiger partial charge in [0, 0.05) is 19.3 Å². The Morgan fingerprint density at radius 1 is 1.30 bits per heavy atom. The number of benzene rings is 1. The highest BCUT2D eigenvalue weighted by Crippen LogP contribution is 2.20. The van der Waals surface area contributed by atoms with Gasteiger partial charge in [0.15, 0.2) is 0 Å². The summed E-state index contributed by atoms with van der Waals surface area (Å²) >= 11 is 0. The third kappa shape index (κ3) is 5.64. The SMILES string of the molecule is CCCNC(CCCc1ccccc1)CC1CCOC1. The molecule has 20 heavy (non-hydrogen) atoms. The second-order valence-electron chi connectivity index (χ2n) is 5.99. The first kappa shape index (κ1) is 15.5. The molecule has 0 spiro atoms. The Hall–Kier alpha value is -0.860. The van der Waals surface area contributed by atoms with Crippen LogP contribution in [0.25, 0.3) is 0 Å².